The molecule has 0 fully saturated rings. The molecule has 0 saturated heterocycles. The smallest absolute Gasteiger partial charge is 0.243 e. The largest absolute Gasteiger partial charge is 0.355 e. The van der Waals surface area contributed by atoms with Crippen molar-refractivity contribution in [3.63, 3.8) is 0 Å². The number of likely N-dealkylation sites (N-methyl/N-ethyl adjacent to an activating group) is 1. The van der Waals surface area contributed by atoms with Crippen LogP contribution >= 0.6 is 35.0 Å². The molecular weight excluding hydrogens is 506 g/mol. The molecule has 1 atom stereocenters. The van der Waals surface area contributed by atoms with Gasteiger partial charge in [-0.1, -0.05) is 71.7 Å². The maximum Gasteiger partial charge on any atom is 0.243 e. The van der Waals surface area contributed by atoms with Crippen LogP contribution < -0.4 is 5.32 Å². The molecule has 0 spiro atoms. The highest BCUT2D eigenvalue weighted by Gasteiger charge is 2.30. The lowest BCUT2D eigenvalue weighted by atomic mass is 10.0. The van der Waals surface area contributed by atoms with Crippen LogP contribution in [0, 0.1) is 5.82 Å². The third kappa shape index (κ3) is 7.99. The molecule has 184 valence electrons. The Morgan fingerprint density at radius 3 is 2.23 bits per heavy atom. The summed E-state index contributed by atoms with van der Waals surface area (Å²) in [6.07, 6.45) is 0.362. The van der Waals surface area contributed by atoms with Gasteiger partial charge in [0, 0.05) is 35.3 Å². The lowest BCUT2D eigenvalue weighted by Gasteiger charge is -2.31. The van der Waals surface area contributed by atoms with Crippen molar-refractivity contribution in [2.75, 3.05) is 12.3 Å². The molecular formula is C27H27Cl2FN2O2S. The molecule has 0 aliphatic carbocycles. The maximum absolute atomic E-state index is 13.5. The molecule has 0 aliphatic rings. The number of hydrogen-bond acceptors (Lipinski definition) is 3. The molecule has 0 saturated carbocycles. The quantitative estimate of drug-likeness (QED) is 0.322. The standard InChI is InChI=1S/C27H27Cl2FN2O2S/c1-2-31-27(34)25(15-19-7-4-3-5-8-19)32(16-20-11-13-21(30)14-12-20)26(33)18-35-17-22-23(28)9-6-10-24(22)29/h3-14,25H,2,15-18H2,1H3,(H,31,34)/t25-/m0/s1. The first-order valence-corrected chi connectivity index (χ1v) is 13.2. The maximum atomic E-state index is 13.5. The molecule has 3 rings (SSSR count). The van der Waals surface area contributed by atoms with E-state index in [1.165, 1.54) is 23.9 Å². The van der Waals surface area contributed by atoms with Crippen LogP contribution in [-0.2, 0) is 28.3 Å². The fourth-order valence-electron chi connectivity index (χ4n) is 3.63. The molecule has 3 aromatic carbocycles. The Balaban J connectivity index is 1.84. The summed E-state index contributed by atoms with van der Waals surface area (Å²) < 4.78 is 13.5. The number of thioether (sulfide) groups is 1. The Hall–Kier alpha value is -2.54. The molecule has 0 radical (unpaired) electrons. The summed E-state index contributed by atoms with van der Waals surface area (Å²) in [5.41, 5.74) is 2.45. The Labute approximate surface area is 219 Å². The van der Waals surface area contributed by atoms with Gasteiger partial charge in [0.15, 0.2) is 0 Å². The van der Waals surface area contributed by atoms with Crippen molar-refractivity contribution in [2.45, 2.75) is 31.7 Å². The molecule has 8 heteroatoms. The minimum Gasteiger partial charge on any atom is -0.355 e. The van der Waals surface area contributed by atoms with Gasteiger partial charge in [-0.15, -0.1) is 11.8 Å². The average molecular weight is 533 g/mol. The van der Waals surface area contributed by atoms with Crippen molar-refractivity contribution in [1.82, 2.24) is 10.2 Å². The zero-order chi connectivity index (χ0) is 25.2. The molecule has 3 aromatic rings. The first-order chi connectivity index (χ1) is 16.9. The van der Waals surface area contributed by atoms with Gasteiger partial charge in [0.2, 0.25) is 11.8 Å². The Morgan fingerprint density at radius 1 is 0.943 bits per heavy atom. The molecule has 0 aromatic heterocycles. The van der Waals surface area contributed by atoms with Crippen LogP contribution in [0.3, 0.4) is 0 Å². The van der Waals surface area contributed by atoms with E-state index >= 15 is 0 Å². The lowest BCUT2D eigenvalue weighted by Crippen LogP contribution is -2.51. The summed E-state index contributed by atoms with van der Waals surface area (Å²) in [5, 5.41) is 3.95. The highest BCUT2D eigenvalue weighted by molar-refractivity contribution is 7.99. The fraction of sp³-hybridized carbons (Fsp3) is 0.259. The Kier molecular flexibility index (Phi) is 10.5. The van der Waals surface area contributed by atoms with Crippen LogP contribution in [0.15, 0.2) is 72.8 Å². The number of carbonyl (C=O) groups is 2. The van der Waals surface area contributed by atoms with E-state index in [1.807, 2.05) is 37.3 Å². The predicted molar refractivity (Wildman–Crippen MR) is 142 cm³/mol. The van der Waals surface area contributed by atoms with E-state index in [1.54, 1.807) is 35.2 Å². The number of nitrogens with zero attached hydrogens (tertiary/aromatic N) is 1. The van der Waals surface area contributed by atoms with Gasteiger partial charge in [-0.2, -0.15) is 0 Å². The number of benzene rings is 3. The summed E-state index contributed by atoms with van der Waals surface area (Å²) in [6, 6.07) is 20.1. The molecule has 0 bridgehead atoms. The topological polar surface area (TPSA) is 49.4 Å². The zero-order valence-corrected chi connectivity index (χ0v) is 21.7. The summed E-state index contributed by atoms with van der Waals surface area (Å²) in [6.45, 7) is 2.47. The Morgan fingerprint density at radius 2 is 1.60 bits per heavy atom. The number of halogens is 3. The van der Waals surface area contributed by atoms with Gasteiger partial charge < -0.3 is 10.2 Å². The zero-order valence-electron chi connectivity index (χ0n) is 19.3. The van der Waals surface area contributed by atoms with Gasteiger partial charge in [0.1, 0.15) is 11.9 Å². The number of hydrogen-bond donors (Lipinski definition) is 1. The fourth-order valence-corrected chi connectivity index (χ4v) is 5.27. The van der Waals surface area contributed by atoms with Crippen LogP contribution in [-0.4, -0.2) is 35.1 Å². The highest BCUT2D eigenvalue weighted by Crippen LogP contribution is 2.28. The van der Waals surface area contributed by atoms with E-state index in [-0.39, 0.29) is 29.9 Å². The van der Waals surface area contributed by atoms with E-state index in [4.69, 9.17) is 23.2 Å². The lowest BCUT2D eigenvalue weighted by molar-refractivity contribution is -0.139. The van der Waals surface area contributed by atoms with Gasteiger partial charge in [-0.05, 0) is 47.9 Å². The average Bonchev–Trinajstić information content (AvgIpc) is 2.85. The van der Waals surface area contributed by atoms with Crippen molar-refractivity contribution in [1.29, 1.82) is 0 Å². The predicted octanol–water partition coefficient (Wildman–Crippen LogP) is 6.14. The first kappa shape index (κ1) is 27.1. The second-order valence-corrected chi connectivity index (χ2v) is 9.74. The van der Waals surface area contributed by atoms with Crippen molar-refractivity contribution in [2.24, 2.45) is 0 Å². The highest BCUT2D eigenvalue weighted by atomic mass is 35.5. The van der Waals surface area contributed by atoms with E-state index in [2.05, 4.69) is 5.32 Å². The third-order valence-electron chi connectivity index (χ3n) is 5.42. The molecule has 0 heterocycles. The first-order valence-electron chi connectivity index (χ1n) is 11.2. The van der Waals surface area contributed by atoms with E-state index < -0.39 is 6.04 Å². The summed E-state index contributed by atoms with van der Waals surface area (Å²) in [7, 11) is 0. The molecule has 0 unspecified atom stereocenters. The van der Waals surface area contributed by atoms with Crippen LogP contribution in [0.2, 0.25) is 10.0 Å². The molecule has 2 amide bonds. The summed E-state index contributed by atoms with van der Waals surface area (Å²) in [4.78, 5) is 28.2. The molecule has 1 N–H and O–H groups in total. The molecule has 0 aliphatic heterocycles. The second-order valence-electron chi connectivity index (χ2n) is 7.94. The van der Waals surface area contributed by atoms with Crippen LogP contribution in [0.1, 0.15) is 23.6 Å². The minimum absolute atomic E-state index is 0.132. The number of rotatable bonds is 11. The van der Waals surface area contributed by atoms with Gasteiger partial charge in [-0.3, -0.25) is 9.59 Å². The van der Waals surface area contributed by atoms with Gasteiger partial charge in [0.05, 0.1) is 5.75 Å². The van der Waals surface area contributed by atoms with Crippen LogP contribution in [0.4, 0.5) is 4.39 Å². The van der Waals surface area contributed by atoms with Gasteiger partial charge in [0.25, 0.3) is 0 Å². The normalized spacial score (nSPS) is 11.7. The van der Waals surface area contributed by atoms with Gasteiger partial charge in [-0.25, -0.2) is 4.39 Å². The Bertz CT molecular complexity index is 1110. The summed E-state index contributed by atoms with van der Waals surface area (Å²) in [5.74, 6) is -0.198. The van der Waals surface area contributed by atoms with Gasteiger partial charge >= 0.3 is 0 Å². The van der Waals surface area contributed by atoms with Crippen molar-refractivity contribution in [3.8, 4) is 0 Å². The van der Waals surface area contributed by atoms with Crippen LogP contribution in [0.25, 0.3) is 0 Å². The number of carbonyl (C=O) groups excluding carboxylic acids is 2. The monoisotopic (exact) mass is 532 g/mol. The van der Waals surface area contributed by atoms with Crippen LogP contribution in [0.5, 0.6) is 0 Å². The second kappa shape index (κ2) is 13.5. The molecule has 35 heavy (non-hydrogen) atoms. The third-order valence-corrected chi connectivity index (χ3v) is 7.07. The minimum atomic E-state index is -0.723. The van der Waals surface area contributed by atoms with Crippen molar-refractivity contribution in [3.05, 3.63) is 105 Å². The molecule has 4 nitrogen and oxygen atoms in total. The van der Waals surface area contributed by atoms with E-state index in [0.29, 0.717) is 28.8 Å². The van der Waals surface area contributed by atoms with Crippen molar-refractivity contribution >= 4 is 46.8 Å². The summed E-state index contributed by atoms with van der Waals surface area (Å²) >= 11 is 13.9. The number of nitrogens with one attached hydrogen (secondary N) is 1. The SMILES string of the molecule is CCNC(=O)[C@H](Cc1ccccc1)N(Cc1ccc(F)cc1)C(=O)CSCc1c(Cl)cccc1Cl. The van der Waals surface area contributed by atoms with E-state index in [9.17, 15) is 14.0 Å². The number of amides is 2. The van der Waals surface area contributed by atoms with Crippen molar-refractivity contribution < 1.29 is 14.0 Å². The van der Waals surface area contributed by atoms with E-state index in [0.717, 1.165) is 16.7 Å².